The highest BCUT2D eigenvalue weighted by molar-refractivity contribution is 7.92. The van der Waals surface area contributed by atoms with E-state index >= 15 is 0 Å². The molecule has 2 fully saturated rings. The van der Waals surface area contributed by atoms with Crippen molar-refractivity contribution < 1.29 is 17.5 Å². The van der Waals surface area contributed by atoms with E-state index in [-0.39, 0.29) is 33.9 Å². The minimum Gasteiger partial charge on any atom is -0.370 e. The minimum absolute atomic E-state index is 0.101. The van der Waals surface area contributed by atoms with Gasteiger partial charge in [0.2, 0.25) is 5.95 Å². The van der Waals surface area contributed by atoms with Gasteiger partial charge in [0.25, 0.3) is 15.6 Å². The summed E-state index contributed by atoms with van der Waals surface area (Å²) in [7, 11) is -2.11. The maximum atomic E-state index is 14.5. The fraction of sp³-hybridized carbons (Fsp3) is 0.344. The van der Waals surface area contributed by atoms with Gasteiger partial charge in [0.05, 0.1) is 35.6 Å². The molecule has 224 valence electrons. The number of pyridine rings is 1. The van der Waals surface area contributed by atoms with Crippen molar-refractivity contribution in [3.05, 3.63) is 101 Å². The molecule has 1 atom stereocenters. The quantitative estimate of drug-likeness (QED) is 0.290. The van der Waals surface area contributed by atoms with Crippen molar-refractivity contribution in [2.75, 3.05) is 28.9 Å². The van der Waals surface area contributed by atoms with Gasteiger partial charge in [-0.05, 0) is 48.7 Å². The maximum absolute atomic E-state index is 14.5. The molecule has 1 saturated heterocycles. The monoisotopic (exact) mass is 603 g/mol. The molecular weight excluding hydrogens is 569 g/mol. The Morgan fingerprint density at radius 2 is 1.74 bits per heavy atom. The first-order valence-electron chi connectivity index (χ1n) is 14.6. The van der Waals surface area contributed by atoms with Crippen LogP contribution in [0.15, 0.2) is 88.8 Å². The summed E-state index contributed by atoms with van der Waals surface area (Å²) >= 11 is 0. The number of benzene rings is 2. The lowest BCUT2D eigenvalue weighted by atomic mass is 9.95. The van der Waals surface area contributed by atoms with Gasteiger partial charge in [-0.1, -0.05) is 49.6 Å². The highest BCUT2D eigenvalue weighted by Crippen LogP contribution is 2.34. The molecule has 11 heteroatoms. The number of anilines is 2. The largest absolute Gasteiger partial charge is 0.370 e. The van der Waals surface area contributed by atoms with E-state index in [9.17, 15) is 17.6 Å². The Morgan fingerprint density at radius 3 is 2.47 bits per heavy atom. The average molecular weight is 604 g/mol. The maximum Gasteiger partial charge on any atom is 0.264 e. The summed E-state index contributed by atoms with van der Waals surface area (Å²) in [6.45, 7) is 1.31. The molecule has 1 aliphatic carbocycles. The van der Waals surface area contributed by atoms with Crippen LogP contribution in [0.25, 0.3) is 11.3 Å². The van der Waals surface area contributed by atoms with E-state index in [4.69, 9.17) is 4.74 Å². The SMILES string of the molecule is Cn1c(N2CCO[C@@H](c3ccc(N(C4CCCCC4)S(=O)(=O)c4ccccc4)cc3)C2)nc(-c2ccncc2F)cc1=O. The topological polar surface area (TPSA) is 97.6 Å². The third kappa shape index (κ3) is 5.92. The van der Waals surface area contributed by atoms with Crippen molar-refractivity contribution in [3.63, 3.8) is 0 Å². The first-order valence-corrected chi connectivity index (χ1v) is 16.0. The third-order valence-electron chi connectivity index (χ3n) is 8.23. The normalized spacial score (nSPS) is 18.0. The average Bonchev–Trinajstić information content (AvgIpc) is 3.04. The number of aromatic nitrogens is 3. The second-order valence-electron chi connectivity index (χ2n) is 11.0. The molecule has 0 amide bonds. The van der Waals surface area contributed by atoms with Crippen LogP contribution in [-0.4, -0.2) is 48.7 Å². The fourth-order valence-corrected chi connectivity index (χ4v) is 7.70. The number of sulfonamides is 1. The summed E-state index contributed by atoms with van der Waals surface area (Å²) < 4.78 is 51.3. The Bertz CT molecular complexity index is 1740. The Balaban J connectivity index is 1.28. The van der Waals surface area contributed by atoms with Gasteiger partial charge in [-0.25, -0.2) is 17.8 Å². The molecule has 3 heterocycles. The predicted octanol–water partition coefficient (Wildman–Crippen LogP) is 5.09. The predicted molar refractivity (Wildman–Crippen MR) is 163 cm³/mol. The molecule has 0 bridgehead atoms. The molecule has 0 N–H and O–H groups in total. The molecule has 1 aliphatic heterocycles. The van der Waals surface area contributed by atoms with Crippen molar-refractivity contribution in [2.24, 2.45) is 7.05 Å². The van der Waals surface area contributed by atoms with Crippen molar-refractivity contribution in [1.29, 1.82) is 0 Å². The van der Waals surface area contributed by atoms with Gasteiger partial charge in [0, 0.05) is 37.5 Å². The van der Waals surface area contributed by atoms with Crippen LogP contribution in [0.4, 0.5) is 16.0 Å². The van der Waals surface area contributed by atoms with E-state index < -0.39 is 15.8 Å². The highest BCUT2D eigenvalue weighted by Gasteiger charge is 2.33. The van der Waals surface area contributed by atoms with Gasteiger partial charge in [-0.15, -0.1) is 0 Å². The number of rotatable bonds is 7. The number of hydrogen-bond acceptors (Lipinski definition) is 7. The van der Waals surface area contributed by atoms with Gasteiger partial charge in [-0.3, -0.25) is 18.7 Å². The molecule has 0 spiro atoms. The van der Waals surface area contributed by atoms with Crippen molar-refractivity contribution in [1.82, 2.24) is 14.5 Å². The summed E-state index contributed by atoms with van der Waals surface area (Å²) in [5.74, 6) is -0.133. The Hall–Kier alpha value is -4.09. The summed E-state index contributed by atoms with van der Waals surface area (Å²) in [6, 6.07) is 18.8. The van der Waals surface area contributed by atoms with Crippen LogP contribution < -0.4 is 14.8 Å². The molecule has 0 unspecified atom stereocenters. The molecule has 43 heavy (non-hydrogen) atoms. The molecule has 6 rings (SSSR count). The van der Waals surface area contributed by atoms with Crippen LogP contribution >= 0.6 is 0 Å². The lowest BCUT2D eigenvalue weighted by molar-refractivity contribution is 0.0390. The second kappa shape index (κ2) is 12.3. The van der Waals surface area contributed by atoms with Crippen LogP contribution in [0.1, 0.15) is 43.8 Å². The number of hydrogen-bond donors (Lipinski definition) is 0. The Labute approximate surface area is 250 Å². The van der Waals surface area contributed by atoms with E-state index in [1.54, 1.807) is 35.6 Å². The van der Waals surface area contributed by atoms with Gasteiger partial charge < -0.3 is 9.64 Å². The summed E-state index contributed by atoms with van der Waals surface area (Å²) in [5.41, 5.74) is 1.67. The van der Waals surface area contributed by atoms with Crippen LogP contribution in [-0.2, 0) is 21.8 Å². The van der Waals surface area contributed by atoms with Crippen LogP contribution in [0.5, 0.6) is 0 Å². The summed E-state index contributed by atoms with van der Waals surface area (Å²) in [5, 5.41) is 0. The van der Waals surface area contributed by atoms with Crippen molar-refractivity contribution in [3.8, 4) is 11.3 Å². The van der Waals surface area contributed by atoms with E-state index in [0.717, 1.165) is 43.9 Å². The fourth-order valence-electron chi connectivity index (χ4n) is 5.97. The smallest absolute Gasteiger partial charge is 0.264 e. The minimum atomic E-state index is -3.75. The summed E-state index contributed by atoms with van der Waals surface area (Å²) in [6.07, 6.45) is 6.99. The molecular formula is C32H34FN5O4S. The van der Waals surface area contributed by atoms with Gasteiger partial charge in [-0.2, -0.15) is 0 Å². The molecule has 1 saturated carbocycles. The first kappa shape index (κ1) is 29.0. The number of nitrogens with zero attached hydrogens (tertiary/aromatic N) is 5. The Kier molecular flexibility index (Phi) is 8.27. The standard InChI is InChI=1S/C32H34FN5O4S/c1-36-31(39)20-29(27-16-17-34-21-28(27)33)35-32(36)37-18-19-42-30(22-37)23-12-14-25(15-13-23)38(24-8-4-2-5-9-24)43(40,41)26-10-6-3-7-11-26/h3,6-7,10-17,20-21,24,30H,2,4-5,8-9,18-19,22H2,1H3/t30-/m1/s1. The van der Waals surface area contributed by atoms with Gasteiger partial charge >= 0.3 is 0 Å². The van der Waals surface area contributed by atoms with E-state index in [1.165, 1.54) is 22.9 Å². The zero-order valence-electron chi connectivity index (χ0n) is 24.0. The number of halogens is 1. The number of ether oxygens (including phenoxy) is 1. The molecule has 9 nitrogen and oxygen atoms in total. The van der Waals surface area contributed by atoms with E-state index in [0.29, 0.717) is 31.3 Å². The molecule has 2 aromatic heterocycles. The first-order chi connectivity index (χ1) is 20.8. The highest BCUT2D eigenvalue weighted by atomic mass is 32.2. The zero-order valence-corrected chi connectivity index (χ0v) is 24.8. The molecule has 2 aliphatic rings. The zero-order chi connectivity index (χ0) is 30.0. The lowest BCUT2D eigenvalue weighted by Gasteiger charge is -2.36. The number of morpholine rings is 1. The van der Waals surface area contributed by atoms with Crippen LogP contribution in [0, 0.1) is 5.82 Å². The molecule has 0 radical (unpaired) electrons. The van der Waals surface area contributed by atoms with E-state index in [1.807, 2.05) is 35.2 Å². The molecule has 2 aromatic carbocycles. The third-order valence-corrected chi connectivity index (χ3v) is 10.1. The van der Waals surface area contributed by atoms with Gasteiger partial charge in [0.1, 0.15) is 6.10 Å². The van der Waals surface area contributed by atoms with Crippen LogP contribution in [0.2, 0.25) is 0 Å². The van der Waals surface area contributed by atoms with Crippen molar-refractivity contribution in [2.45, 2.75) is 49.1 Å². The van der Waals surface area contributed by atoms with E-state index in [2.05, 4.69) is 9.97 Å². The Morgan fingerprint density at radius 1 is 1.00 bits per heavy atom. The molecule has 4 aromatic rings. The van der Waals surface area contributed by atoms with Gasteiger partial charge in [0.15, 0.2) is 5.82 Å². The summed E-state index contributed by atoms with van der Waals surface area (Å²) in [4.78, 5) is 23.5. The van der Waals surface area contributed by atoms with Crippen LogP contribution in [0.3, 0.4) is 0 Å². The second-order valence-corrected chi connectivity index (χ2v) is 12.8. The lowest BCUT2D eigenvalue weighted by Crippen LogP contribution is -2.42. The van der Waals surface area contributed by atoms with Crippen molar-refractivity contribution >= 4 is 21.7 Å².